The summed E-state index contributed by atoms with van der Waals surface area (Å²) in [7, 11) is 0. The Morgan fingerprint density at radius 2 is 2.08 bits per heavy atom. The Kier molecular flexibility index (Phi) is 4.11. The molecule has 0 aliphatic carbocycles. The average Bonchev–Trinajstić information content (AvgIpc) is 2.30. The molecular formula is C10H20CuN2. The van der Waals surface area contributed by atoms with Gasteiger partial charge in [0.2, 0.25) is 0 Å². The fourth-order valence-corrected chi connectivity index (χ4v) is 2.41. The van der Waals surface area contributed by atoms with Crippen molar-refractivity contribution < 1.29 is 15.6 Å². The molecule has 1 fully saturated rings. The molecule has 1 aliphatic heterocycles. The monoisotopic (exact) mass is 231 g/mol. The second kappa shape index (κ2) is 4.70. The van der Waals surface area contributed by atoms with Crippen molar-refractivity contribution in [1.82, 2.24) is 10.2 Å². The second-order valence-corrected chi connectivity index (χ2v) is 4.87. The fourth-order valence-electron chi connectivity index (χ4n) is 1.90. The Hall–Kier alpha value is 0.309. The molecule has 3 heteroatoms. The van der Waals surface area contributed by atoms with Crippen LogP contribution in [0.2, 0.25) is 0 Å². The zero-order valence-electron chi connectivity index (χ0n) is 8.89. The van der Waals surface area contributed by atoms with Crippen molar-refractivity contribution in [1.29, 1.82) is 0 Å². The summed E-state index contributed by atoms with van der Waals surface area (Å²) in [5.41, 5.74) is 0. The second-order valence-electron chi connectivity index (χ2n) is 4.42. The van der Waals surface area contributed by atoms with E-state index in [4.69, 9.17) is 15.6 Å². The quantitative estimate of drug-likeness (QED) is 0.738. The van der Waals surface area contributed by atoms with Crippen LogP contribution in [0.5, 0.6) is 0 Å². The van der Waals surface area contributed by atoms with Crippen molar-refractivity contribution >= 4 is 4.67 Å². The van der Waals surface area contributed by atoms with E-state index >= 15 is 0 Å². The molecule has 1 N–H and O–H groups in total. The summed E-state index contributed by atoms with van der Waals surface area (Å²) < 4.78 is 0.910. The molecule has 0 spiro atoms. The van der Waals surface area contributed by atoms with Gasteiger partial charge in [-0.15, -0.1) is 0 Å². The Labute approximate surface area is 89.4 Å². The first-order valence-electron chi connectivity index (χ1n) is 5.03. The van der Waals surface area contributed by atoms with Crippen molar-refractivity contribution in [3.8, 4) is 0 Å². The Morgan fingerprint density at radius 1 is 1.46 bits per heavy atom. The molecule has 0 radical (unpaired) electrons. The van der Waals surface area contributed by atoms with Gasteiger partial charge in [0.15, 0.2) is 0 Å². The third kappa shape index (κ3) is 2.88. The van der Waals surface area contributed by atoms with Crippen molar-refractivity contribution in [2.24, 2.45) is 5.92 Å². The van der Waals surface area contributed by atoms with E-state index in [1.54, 1.807) is 0 Å². The van der Waals surface area contributed by atoms with E-state index in [2.05, 4.69) is 37.9 Å². The molecule has 13 heavy (non-hydrogen) atoms. The van der Waals surface area contributed by atoms with Crippen molar-refractivity contribution in [2.75, 3.05) is 6.54 Å². The first-order valence-corrected chi connectivity index (χ1v) is 5.50. The van der Waals surface area contributed by atoms with Gasteiger partial charge in [0, 0.05) is 0 Å². The molecule has 2 nitrogen and oxygen atoms in total. The number of rotatable bonds is 3. The van der Waals surface area contributed by atoms with Gasteiger partial charge in [0.1, 0.15) is 0 Å². The SMILES string of the molecule is CC(C)CC1CN[C](=[Cu])N1C(C)C. The van der Waals surface area contributed by atoms with E-state index in [1.807, 2.05) is 0 Å². The number of nitrogens with zero attached hydrogens (tertiary/aromatic N) is 1. The van der Waals surface area contributed by atoms with Crippen LogP contribution < -0.4 is 5.32 Å². The molecule has 1 unspecified atom stereocenters. The molecular weight excluding hydrogens is 212 g/mol. The average molecular weight is 232 g/mol. The van der Waals surface area contributed by atoms with Gasteiger partial charge in [-0.3, -0.25) is 0 Å². The molecule has 1 rings (SSSR count). The van der Waals surface area contributed by atoms with E-state index in [0.29, 0.717) is 12.1 Å². The van der Waals surface area contributed by atoms with Crippen LogP contribution in [0.3, 0.4) is 0 Å². The molecule has 81 valence electrons. The van der Waals surface area contributed by atoms with Gasteiger partial charge in [0.05, 0.1) is 0 Å². The summed E-state index contributed by atoms with van der Waals surface area (Å²) in [5.74, 6) is 0.742. The Morgan fingerprint density at radius 3 is 2.54 bits per heavy atom. The zero-order valence-corrected chi connectivity index (χ0v) is 9.84. The van der Waals surface area contributed by atoms with Crippen LogP contribution in [0.4, 0.5) is 0 Å². The normalized spacial score (nSPS) is 25.2. The van der Waals surface area contributed by atoms with Gasteiger partial charge in [-0.25, -0.2) is 0 Å². The van der Waals surface area contributed by atoms with E-state index < -0.39 is 0 Å². The summed E-state index contributed by atoms with van der Waals surface area (Å²) in [6.07, 6.45) is 1.22. The predicted octanol–water partition coefficient (Wildman–Crippen LogP) is 1.35. The van der Waals surface area contributed by atoms with Gasteiger partial charge in [0.25, 0.3) is 0 Å². The van der Waals surface area contributed by atoms with E-state index in [-0.39, 0.29) is 0 Å². The summed E-state index contributed by atoms with van der Waals surface area (Å²) in [4.78, 5) is 2.32. The number of hydrogen-bond donors (Lipinski definition) is 1. The van der Waals surface area contributed by atoms with Gasteiger partial charge in [-0.2, -0.15) is 0 Å². The zero-order chi connectivity index (χ0) is 10.0. The van der Waals surface area contributed by atoms with Crippen LogP contribution in [-0.2, 0) is 15.6 Å². The van der Waals surface area contributed by atoms with Gasteiger partial charge >= 0.3 is 89.1 Å². The van der Waals surface area contributed by atoms with Crippen LogP contribution in [0, 0.1) is 5.92 Å². The topological polar surface area (TPSA) is 15.3 Å². The summed E-state index contributed by atoms with van der Waals surface area (Å²) >= 11 is 5.42. The summed E-state index contributed by atoms with van der Waals surface area (Å²) in [6, 6.07) is 1.11. The number of hydrogen-bond acceptors (Lipinski definition) is 2. The molecule has 1 heterocycles. The van der Waals surface area contributed by atoms with Crippen molar-refractivity contribution in [3.63, 3.8) is 0 Å². The van der Waals surface area contributed by atoms with Crippen LogP contribution in [0.1, 0.15) is 34.1 Å². The van der Waals surface area contributed by atoms with Crippen LogP contribution in [-0.4, -0.2) is 28.2 Å². The molecule has 0 aromatic carbocycles. The molecule has 0 aromatic rings. The Bertz CT molecular complexity index is 189. The predicted molar refractivity (Wildman–Crippen MR) is 53.2 cm³/mol. The maximum atomic E-state index is 5.42. The van der Waals surface area contributed by atoms with Crippen LogP contribution >= 0.6 is 0 Å². The molecule has 1 aliphatic rings. The minimum atomic E-state index is 0.514. The van der Waals surface area contributed by atoms with E-state index in [9.17, 15) is 0 Å². The molecule has 1 saturated heterocycles. The van der Waals surface area contributed by atoms with Gasteiger partial charge in [-0.05, 0) is 0 Å². The van der Waals surface area contributed by atoms with E-state index in [1.165, 1.54) is 6.42 Å². The van der Waals surface area contributed by atoms with Crippen LogP contribution in [0.15, 0.2) is 0 Å². The molecule has 0 saturated carbocycles. The molecule has 0 amide bonds. The van der Waals surface area contributed by atoms with Gasteiger partial charge < -0.3 is 0 Å². The fraction of sp³-hybridized carbons (Fsp3) is 0.900. The van der Waals surface area contributed by atoms with E-state index in [0.717, 1.165) is 17.1 Å². The van der Waals surface area contributed by atoms with Crippen molar-refractivity contribution in [2.45, 2.75) is 46.2 Å². The first-order chi connectivity index (χ1) is 6.02. The molecule has 0 bridgehead atoms. The van der Waals surface area contributed by atoms with Crippen molar-refractivity contribution in [3.05, 3.63) is 0 Å². The first kappa shape index (κ1) is 11.4. The summed E-state index contributed by atoms with van der Waals surface area (Å²) in [5, 5.41) is 3.25. The van der Waals surface area contributed by atoms with Crippen LogP contribution in [0.25, 0.3) is 0 Å². The third-order valence-electron chi connectivity index (χ3n) is 2.37. The third-order valence-corrected chi connectivity index (χ3v) is 2.78. The number of nitrogens with one attached hydrogen (secondary N) is 1. The van der Waals surface area contributed by atoms with Gasteiger partial charge in [-0.1, -0.05) is 0 Å². The maximum absolute atomic E-state index is 5.42. The minimum absolute atomic E-state index is 0.514. The molecule has 1 atom stereocenters. The standard InChI is InChI=1S/C10H20N2.Cu/c1-8(2)5-10-6-11-7-12(10)9(3)4;/h8-11H,5-6H2,1-4H3;. The summed E-state index contributed by atoms with van der Waals surface area (Å²) in [6.45, 7) is 9.94. The molecule has 0 aromatic heterocycles. The Balaban J connectivity index is 2.59.